The van der Waals surface area contributed by atoms with E-state index in [1.807, 2.05) is 18.2 Å². The van der Waals surface area contributed by atoms with Crippen molar-refractivity contribution in [2.24, 2.45) is 5.92 Å². The SMILES string of the molecule is CCC1CN(C)CC(c2ccccc2)C1=O. The molecule has 1 aliphatic rings. The molecule has 1 fully saturated rings. The first-order valence-corrected chi connectivity index (χ1v) is 5.99. The van der Waals surface area contributed by atoms with E-state index in [4.69, 9.17) is 0 Å². The fourth-order valence-corrected chi connectivity index (χ4v) is 2.51. The summed E-state index contributed by atoms with van der Waals surface area (Å²) in [7, 11) is 2.10. The lowest BCUT2D eigenvalue weighted by Crippen LogP contribution is -2.43. The monoisotopic (exact) mass is 217 g/mol. The van der Waals surface area contributed by atoms with Crippen LogP contribution in [0, 0.1) is 5.92 Å². The van der Waals surface area contributed by atoms with E-state index in [-0.39, 0.29) is 11.8 Å². The maximum absolute atomic E-state index is 12.3. The van der Waals surface area contributed by atoms with E-state index in [2.05, 4.69) is 31.0 Å². The first-order chi connectivity index (χ1) is 7.72. The number of nitrogens with zero attached hydrogens (tertiary/aromatic N) is 1. The smallest absolute Gasteiger partial charge is 0.145 e. The number of benzene rings is 1. The fraction of sp³-hybridized carbons (Fsp3) is 0.500. The minimum absolute atomic E-state index is 0.0740. The van der Waals surface area contributed by atoms with Crippen LogP contribution in [0.1, 0.15) is 24.8 Å². The Bertz CT molecular complexity index is 360. The molecule has 1 aromatic carbocycles. The highest BCUT2D eigenvalue weighted by Gasteiger charge is 2.33. The lowest BCUT2D eigenvalue weighted by molar-refractivity contribution is -0.127. The van der Waals surface area contributed by atoms with Gasteiger partial charge in [0.2, 0.25) is 0 Å². The quantitative estimate of drug-likeness (QED) is 0.757. The molecule has 1 aliphatic heterocycles. The van der Waals surface area contributed by atoms with Gasteiger partial charge in [-0.1, -0.05) is 37.3 Å². The molecule has 1 aromatic rings. The zero-order chi connectivity index (χ0) is 11.5. The Hall–Kier alpha value is -1.15. The maximum atomic E-state index is 12.3. The van der Waals surface area contributed by atoms with Crippen LogP contribution in [0.5, 0.6) is 0 Å². The van der Waals surface area contributed by atoms with Crippen molar-refractivity contribution >= 4 is 5.78 Å². The number of carbonyl (C=O) groups is 1. The van der Waals surface area contributed by atoms with Crippen molar-refractivity contribution in [1.29, 1.82) is 0 Å². The van der Waals surface area contributed by atoms with Gasteiger partial charge < -0.3 is 4.90 Å². The van der Waals surface area contributed by atoms with E-state index in [0.717, 1.165) is 25.1 Å². The van der Waals surface area contributed by atoms with Gasteiger partial charge in [-0.25, -0.2) is 0 Å². The summed E-state index contributed by atoms with van der Waals surface area (Å²) in [4.78, 5) is 14.5. The van der Waals surface area contributed by atoms with E-state index in [1.165, 1.54) is 0 Å². The van der Waals surface area contributed by atoms with Crippen LogP contribution in [0.15, 0.2) is 30.3 Å². The summed E-state index contributed by atoms with van der Waals surface area (Å²) in [6.07, 6.45) is 0.951. The van der Waals surface area contributed by atoms with Crippen LogP contribution in [0.4, 0.5) is 0 Å². The number of hydrogen-bond acceptors (Lipinski definition) is 2. The van der Waals surface area contributed by atoms with Crippen LogP contribution in [0.25, 0.3) is 0 Å². The average Bonchev–Trinajstić information content (AvgIpc) is 2.33. The first-order valence-electron chi connectivity index (χ1n) is 5.99. The second kappa shape index (κ2) is 4.79. The predicted octanol–water partition coefficient (Wildman–Crippen LogP) is 2.31. The molecule has 16 heavy (non-hydrogen) atoms. The summed E-state index contributed by atoms with van der Waals surface area (Å²) < 4.78 is 0. The van der Waals surface area contributed by atoms with Gasteiger partial charge in [-0.3, -0.25) is 4.79 Å². The normalized spacial score (nSPS) is 27.0. The van der Waals surface area contributed by atoms with Crippen molar-refractivity contribution in [3.63, 3.8) is 0 Å². The Labute approximate surface area is 97.3 Å². The van der Waals surface area contributed by atoms with Gasteiger partial charge in [0, 0.05) is 19.0 Å². The molecule has 0 amide bonds. The van der Waals surface area contributed by atoms with Gasteiger partial charge in [0.15, 0.2) is 0 Å². The number of likely N-dealkylation sites (tertiary alicyclic amines) is 1. The molecule has 2 rings (SSSR count). The van der Waals surface area contributed by atoms with Gasteiger partial charge in [-0.2, -0.15) is 0 Å². The Morgan fingerprint density at radius 3 is 2.56 bits per heavy atom. The number of Topliss-reactive ketones (excluding diaryl/α,β-unsaturated/α-hetero) is 1. The Balaban J connectivity index is 2.23. The van der Waals surface area contributed by atoms with Crippen molar-refractivity contribution in [2.75, 3.05) is 20.1 Å². The molecule has 86 valence electrons. The first kappa shape index (κ1) is 11.3. The highest BCUT2D eigenvalue weighted by molar-refractivity contribution is 5.89. The van der Waals surface area contributed by atoms with E-state index in [0.29, 0.717) is 5.78 Å². The van der Waals surface area contributed by atoms with Gasteiger partial charge in [0.1, 0.15) is 5.78 Å². The van der Waals surface area contributed by atoms with Crippen LogP contribution < -0.4 is 0 Å². The summed E-state index contributed by atoms with van der Waals surface area (Å²) in [5.74, 6) is 0.709. The molecule has 0 bridgehead atoms. The predicted molar refractivity (Wildman–Crippen MR) is 65.5 cm³/mol. The second-order valence-electron chi connectivity index (χ2n) is 4.69. The molecule has 0 saturated carbocycles. The molecule has 2 unspecified atom stereocenters. The van der Waals surface area contributed by atoms with Gasteiger partial charge in [0.25, 0.3) is 0 Å². The fourth-order valence-electron chi connectivity index (χ4n) is 2.51. The third-order valence-corrected chi connectivity index (χ3v) is 3.47. The number of piperidine rings is 1. The molecule has 1 heterocycles. The summed E-state index contributed by atoms with van der Waals surface area (Å²) in [6, 6.07) is 10.1. The molecule has 0 spiro atoms. The topological polar surface area (TPSA) is 20.3 Å². The van der Waals surface area contributed by atoms with Crippen LogP contribution >= 0.6 is 0 Å². The second-order valence-corrected chi connectivity index (χ2v) is 4.69. The number of carbonyl (C=O) groups excluding carboxylic acids is 1. The molecular formula is C14H19NO. The molecule has 2 heteroatoms. The Morgan fingerprint density at radius 1 is 1.25 bits per heavy atom. The zero-order valence-electron chi connectivity index (χ0n) is 10.0. The van der Waals surface area contributed by atoms with Crippen molar-refractivity contribution in [3.8, 4) is 0 Å². The summed E-state index contributed by atoms with van der Waals surface area (Å²) in [6.45, 7) is 3.88. The number of likely N-dealkylation sites (N-methyl/N-ethyl adjacent to an activating group) is 1. The standard InChI is InChI=1S/C14H19NO/c1-3-11-9-15(2)10-13(14(11)16)12-7-5-4-6-8-12/h4-8,11,13H,3,9-10H2,1-2H3. The van der Waals surface area contributed by atoms with E-state index in [1.54, 1.807) is 0 Å². The molecular weight excluding hydrogens is 198 g/mol. The lowest BCUT2D eigenvalue weighted by atomic mass is 9.82. The van der Waals surface area contributed by atoms with E-state index >= 15 is 0 Å². The van der Waals surface area contributed by atoms with E-state index in [9.17, 15) is 4.79 Å². The van der Waals surface area contributed by atoms with Crippen LogP contribution in [-0.2, 0) is 4.79 Å². The summed E-state index contributed by atoms with van der Waals surface area (Å²) in [5, 5.41) is 0. The minimum atomic E-state index is 0.0740. The van der Waals surface area contributed by atoms with E-state index < -0.39 is 0 Å². The highest BCUT2D eigenvalue weighted by Crippen LogP contribution is 2.27. The maximum Gasteiger partial charge on any atom is 0.145 e. The Kier molecular flexibility index (Phi) is 3.39. The largest absolute Gasteiger partial charge is 0.305 e. The van der Waals surface area contributed by atoms with Crippen LogP contribution in [0.3, 0.4) is 0 Å². The van der Waals surface area contributed by atoms with Crippen LogP contribution in [0.2, 0.25) is 0 Å². The molecule has 0 aliphatic carbocycles. The van der Waals surface area contributed by atoms with Gasteiger partial charge in [0.05, 0.1) is 5.92 Å². The lowest BCUT2D eigenvalue weighted by Gasteiger charge is -2.34. The van der Waals surface area contributed by atoms with Crippen molar-refractivity contribution in [2.45, 2.75) is 19.3 Å². The third kappa shape index (κ3) is 2.17. The highest BCUT2D eigenvalue weighted by atomic mass is 16.1. The number of ketones is 1. The van der Waals surface area contributed by atoms with Gasteiger partial charge in [-0.05, 0) is 19.0 Å². The molecule has 0 radical (unpaired) electrons. The van der Waals surface area contributed by atoms with Crippen molar-refractivity contribution < 1.29 is 4.79 Å². The van der Waals surface area contributed by atoms with Crippen molar-refractivity contribution in [3.05, 3.63) is 35.9 Å². The summed E-state index contributed by atoms with van der Waals surface area (Å²) in [5.41, 5.74) is 1.16. The van der Waals surface area contributed by atoms with Crippen LogP contribution in [-0.4, -0.2) is 30.8 Å². The third-order valence-electron chi connectivity index (χ3n) is 3.47. The molecule has 2 atom stereocenters. The number of rotatable bonds is 2. The molecule has 1 saturated heterocycles. The molecule has 0 N–H and O–H groups in total. The summed E-state index contributed by atoms with van der Waals surface area (Å²) >= 11 is 0. The number of hydrogen-bond donors (Lipinski definition) is 0. The van der Waals surface area contributed by atoms with Gasteiger partial charge >= 0.3 is 0 Å². The zero-order valence-corrected chi connectivity index (χ0v) is 10.0. The molecule has 2 nitrogen and oxygen atoms in total. The minimum Gasteiger partial charge on any atom is -0.305 e. The van der Waals surface area contributed by atoms with Crippen molar-refractivity contribution in [1.82, 2.24) is 4.90 Å². The average molecular weight is 217 g/mol. The molecule has 0 aromatic heterocycles. The van der Waals surface area contributed by atoms with Gasteiger partial charge in [-0.15, -0.1) is 0 Å². The Morgan fingerprint density at radius 2 is 1.94 bits per heavy atom.